The lowest BCUT2D eigenvalue weighted by Crippen LogP contribution is -2.69. The molecule has 214 valence electrons. The summed E-state index contributed by atoms with van der Waals surface area (Å²) >= 11 is 0. The fourth-order valence-electron chi connectivity index (χ4n) is 8.46. The number of benzene rings is 1. The second kappa shape index (κ2) is 9.76. The van der Waals surface area contributed by atoms with E-state index in [9.17, 15) is 14.7 Å². The number of hydrogen-bond acceptors (Lipinski definition) is 7. The number of methoxy groups -OCH3 is 1. The second-order valence-corrected chi connectivity index (χ2v) is 12.6. The fraction of sp³-hybridized carbons (Fsp3) is 0.633. The minimum atomic E-state index is -0.705. The first-order valence-corrected chi connectivity index (χ1v) is 14.7. The smallest absolute Gasteiger partial charge is 0.242 e. The van der Waals surface area contributed by atoms with Gasteiger partial charge in [0.25, 0.3) is 0 Å². The molecule has 1 saturated heterocycles. The second-order valence-electron chi connectivity index (χ2n) is 12.6. The molecular weight excluding hydrogens is 510 g/mol. The number of carbonyl (C=O) groups excluding carboxylic acids is 2. The van der Waals surface area contributed by atoms with Crippen LogP contribution in [0.3, 0.4) is 0 Å². The number of amides is 2. The van der Waals surface area contributed by atoms with Crippen LogP contribution in [-0.4, -0.2) is 82.8 Å². The standard InChI is InChI=1S/C30H39N5O5/c1-16(36)34-22(11-20-13-31-15-33-20)29(38)32-12-19-9-21-23-10-18-5-6-24(37)27-25(18)30(21,28(40-27)26(19)39-2)7-8-35(23)14-17-3-4-17/h5-6,13,15,17,19,21-23,26,28,37H,3-4,7-12,14H2,1-2H3,(H,31,33)(H,32,38)(H,34,36). The van der Waals surface area contributed by atoms with Crippen LogP contribution in [0.1, 0.15) is 49.4 Å². The molecule has 40 heavy (non-hydrogen) atoms. The molecule has 7 atom stereocenters. The van der Waals surface area contributed by atoms with Gasteiger partial charge in [0.2, 0.25) is 11.8 Å². The van der Waals surface area contributed by atoms with E-state index in [1.54, 1.807) is 25.7 Å². The van der Waals surface area contributed by atoms with Gasteiger partial charge in [-0.25, -0.2) is 4.98 Å². The molecule has 2 bridgehead atoms. The quantitative estimate of drug-likeness (QED) is 0.375. The Morgan fingerprint density at radius 2 is 2.20 bits per heavy atom. The van der Waals surface area contributed by atoms with Gasteiger partial charge >= 0.3 is 0 Å². The number of nitrogens with one attached hydrogen (secondary N) is 3. The molecule has 2 aromatic rings. The third kappa shape index (κ3) is 4.10. The maximum absolute atomic E-state index is 13.4. The molecule has 3 fully saturated rings. The van der Waals surface area contributed by atoms with Crippen molar-refractivity contribution < 1.29 is 24.2 Å². The van der Waals surface area contributed by atoms with E-state index in [1.165, 1.54) is 30.9 Å². The normalized spacial score (nSPS) is 32.6. The number of aromatic amines is 1. The maximum atomic E-state index is 13.4. The summed E-state index contributed by atoms with van der Waals surface area (Å²) in [5, 5.41) is 16.8. The first kappa shape index (κ1) is 25.8. The molecule has 2 saturated carbocycles. The van der Waals surface area contributed by atoms with Crippen LogP contribution in [0, 0.1) is 17.8 Å². The molecular formula is C30H39N5O5. The molecule has 7 rings (SSSR count). The third-order valence-electron chi connectivity index (χ3n) is 10.3. The van der Waals surface area contributed by atoms with Gasteiger partial charge in [-0.2, -0.15) is 0 Å². The lowest BCUT2D eigenvalue weighted by molar-refractivity contribution is -0.143. The first-order valence-electron chi connectivity index (χ1n) is 14.7. The van der Waals surface area contributed by atoms with Crippen molar-refractivity contribution in [2.24, 2.45) is 17.8 Å². The van der Waals surface area contributed by atoms with Gasteiger partial charge in [0.05, 0.1) is 12.4 Å². The maximum Gasteiger partial charge on any atom is 0.242 e. The molecule has 1 aromatic heterocycles. The number of carbonyl (C=O) groups is 2. The van der Waals surface area contributed by atoms with Gasteiger partial charge in [0.15, 0.2) is 11.5 Å². The Balaban J connectivity index is 1.16. The zero-order valence-corrected chi connectivity index (χ0v) is 23.2. The van der Waals surface area contributed by atoms with Crippen LogP contribution in [0.25, 0.3) is 0 Å². The number of H-pyrrole nitrogens is 1. The number of piperidine rings is 1. The van der Waals surface area contributed by atoms with Gasteiger partial charge in [-0.3, -0.25) is 14.5 Å². The number of nitrogens with zero attached hydrogens (tertiary/aromatic N) is 2. The Labute approximate surface area is 234 Å². The van der Waals surface area contributed by atoms with Gasteiger partial charge in [-0.05, 0) is 62.1 Å². The van der Waals surface area contributed by atoms with E-state index >= 15 is 0 Å². The zero-order chi connectivity index (χ0) is 27.6. The van der Waals surface area contributed by atoms with Gasteiger partial charge in [-0.1, -0.05) is 6.07 Å². The molecule has 3 heterocycles. The predicted molar refractivity (Wildman–Crippen MR) is 146 cm³/mol. The lowest BCUT2D eigenvalue weighted by Gasteiger charge is -2.61. The number of aromatic nitrogens is 2. The highest BCUT2D eigenvalue weighted by Crippen LogP contribution is 2.65. The molecule has 3 aliphatic carbocycles. The highest BCUT2D eigenvalue weighted by Gasteiger charge is 2.67. The van der Waals surface area contributed by atoms with E-state index < -0.39 is 6.04 Å². The summed E-state index contributed by atoms with van der Waals surface area (Å²) in [4.78, 5) is 35.0. The molecule has 10 heteroatoms. The van der Waals surface area contributed by atoms with Gasteiger partial charge in [0.1, 0.15) is 12.1 Å². The number of hydrogen-bond donors (Lipinski definition) is 4. The van der Waals surface area contributed by atoms with E-state index in [2.05, 4.69) is 31.6 Å². The molecule has 2 aliphatic heterocycles. The van der Waals surface area contributed by atoms with Crippen molar-refractivity contribution in [3.05, 3.63) is 41.5 Å². The summed E-state index contributed by atoms with van der Waals surface area (Å²) in [5.41, 5.74) is 3.10. The van der Waals surface area contributed by atoms with Crippen molar-refractivity contribution in [2.45, 2.75) is 75.2 Å². The van der Waals surface area contributed by atoms with Crippen LogP contribution in [0.15, 0.2) is 24.7 Å². The number of imidazole rings is 1. The minimum absolute atomic E-state index is 0.0311. The van der Waals surface area contributed by atoms with E-state index in [0.717, 1.165) is 44.0 Å². The highest BCUT2D eigenvalue weighted by molar-refractivity contribution is 5.87. The topological polar surface area (TPSA) is 129 Å². The first-order chi connectivity index (χ1) is 19.4. The van der Waals surface area contributed by atoms with Crippen LogP contribution >= 0.6 is 0 Å². The summed E-state index contributed by atoms with van der Waals surface area (Å²) in [5.74, 6) is 1.55. The Morgan fingerprint density at radius 3 is 2.92 bits per heavy atom. The average Bonchev–Trinajstić information content (AvgIpc) is 3.46. The van der Waals surface area contributed by atoms with Crippen LogP contribution < -0.4 is 15.4 Å². The van der Waals surface area contributed by atoms with E-state index in [-0.39, 0.29) is 41.1 Å². The summed E-state index contributed by atoms with van der Waals surface area (Å²) < 4.78 is 12.9. The zero-order valence-electron chi connectivity index (χ0n) is 23.2. The average molecular weight is 550 g/mol. The van der Waals surface area contributed by atoms with Crippen molar-refractivity contribution in [1.29, 1.82) is 0 Å². The SMILES string of the molecule is COC1C(CNC(=O)C(Cc2cnc[nH]2)NC(C)=O)CC2C3Cc4ccc(O)c5c4C2(CCN3CC2CC2)C1O5. The van der Waals surface area contributed by atoms with Crippen LogP contribution in [0.4, 0.5) is 0 Å². The van der Waals surface area contributed by atoms with Crippen LogP contribution in [0.2, 0.25) is 0 Å². The third-order valence-corrected chi connectivity index (χ3v) is 10.3. The summed E-state index contributed by atoms with van der Waals surface area (Å²) in [7, 11) is 1.73. The summed E-state index contributed by atoms with van der Waals surface area (Å²) in [6.07, 6.45) is 8.61. The molecule has 2 amide bonds. The van der Waals surface area contributed by atoms with E-state index in [1.807, 2.05) is 0 Å². The van der Waals surface area contributed by atoms with Crippen LogP contribution in [0.5, 0.6) is 11.5 Å². The summed E-state index contributed by atoms with van der Waals surface area (Å²) in [6, 6.07) is 3.59. The summed E-state index contributed by atoms with van der Waals surface area (Å²) in [6.45, 7) is 4.04. The van der Waals surface area contributed by atoms with Crippen molar-refractivity contribution in [2.75, 3.05) is 26.7 Å². The molecule has 10 nitrogen and oxygen atoms in total. The highest BCUT2D eigenvalue weighted by atomic mass is 16.5. The van der Waals surface area contributed by atoms with Gasteiger partial charge in [0, 0.05) is 68.4 Å². The molecule has 5 aliphatic rings. The minimum Gasteiger partial charge on any atom is -0.504 e. The van der Waals surface area contributed by atoms with E-state index in [0.29, 0.717) is 30.7 Å². The number of rotatable bonds is 9. The van der Waals surface area contributed by atoms with Gasteiger partial charge in [-0.15, -0.1) is 0 Å². The van der Waals surface area contributed by atoms with Crippen molar-refractivity contribution in [1.82, 2.24) is 25.5 Å². The molecule has 1 spiro atoms. The molecule has 4 N–H and O–H groups in total. The molecule has 0 radical (unpaired) electrons. The molecule has 7 unspecified atom stereocenters. The largest absolute Gasteiger partial charge is 0.504 e. The Bertz CT molecular complexity index is 1300. The van der Waals surface area contributed by atoms with Gasteiger partial charge < -0.3 is 30.2 Å². The number of phenolic OH excluding ortho intramolecular Hbond substituents is 1. The number of ether oxygens (including phenoxy) is 2. The fourth-order valence-corrected chi connectivity index (χ4v) is 8.46. The van der Waals surface area contributed by atoms with Crippen molar-refractivity contribution in [3.63, 3.8) is 0 Å². The van der Waals surface area contributed by atoms with E-state index in [4.69, 9.17) is 9.47 Å². The number of phenols is 1. The molecule has 1 aromatic carbocycles. The Kier molecular flexibility index (Phi) is 6.31. The lowest BCUT2D eigenvalue weighted by atomic mass is 9.49. The van der Waals surface area contributed by atoms with Crippen molar-refractivity contribution in [3.8, 4) is 11.5 Å². The predicted octanol–water partition coefficient (Wildman–Crippen LogP) is 1.67. The van der Waals surface area contributed by atoms with Crippen LogP contribution in [-0.2, 0) is 32.6 Å². The monoisotopic (exact) mass is 549 g/mol. The number of likely N-dealkylation sites (tertiary alicyclic amines) is 1. The Morgan fingerprint density at radius 1 is 1.35 bits per heavy atom. The number of aromatic hydroxyl groups is 1. The Hall–Kier alpha value is -3.11. The van der Waals surface area contributed by atoms with Crippen molar-refractivity contribution >= 4 is 11.8 Å².